The summed E-state index contributed by atoms with van der Waals surface area (Å²) in [5.74, 6) is -0.443. The van der Waals surface area contributed by atoms with Gasteiger partial charge in [-0.05, 0) is 38.3 Å². The van der Waals surface area contributed by atoms with Crippen LogP contribution >= 0.6 is 11.3 Å². The molecule has 0 fully saturated rings. The van der Waals surface area contributed by atoms with E-state index in [0.29, 0.717) is 4.88 Å². The highest BCUT2D eigenvalue weighted by atomic mass is 32.1. The number of thiophene rings is 1. The van der Waals surface area contributed by atoms with Crippen molar-refractivity contribution >= 4 is 27.4 Å². The monoisotopic (exact) mass is 250 g/mol. The Morgan fingerprint density at radius 3 is 2.59 bits per heavy atom. The van der Waals surface area contributed by atoms with Crippen LogP contribution in [-0.4, -0.2) is 11.6 Å². The lowest BCUT2D eigenvalue weighted by molar-refractivity contribution is -0.301. The molecule has 0 saturated heterocycles. The van der Waals surface area contributed by atoms with Gasteiger partial charge in [0.25, 0.3) is 0 Å². The lowest BCUT2D eigenvalue weighted by Gasteiger charge is -2.15. The van der Waals surface area contributed by atoms with E-state index in [0.717, 1.165) is 10.1 Å². The van der Waals surface area contributed by atoms with Crippen LogP contribution in [0.25, 0.3) is 10.1 Å². The molecule has 90 valence electrons. The molecule has 0 unspecified atom stereocenters. The van der Waals surface area contributed by atoms with E-state index in [4.69, 9.17) is 9.78 Å². The minimum Gasteiger partial charge on any atom is -0.291 e. The van der Waals surface area contributed by atoms with Crippen LogP contribution in [0.3, 0.4) is 0 Å². The first-order valence-corrected chi connectivity index (χ1v) is 6.16. The van der Waals surface area contributed by atoms with Gasteiger partial charge in [0.2, 0.25) is 0 Å². The van der Waals surface area contributed by atoms with Gasteiger partial charge in [-0.3, -0.25) is 4.89 Å². The average Bonchev–Trinajstić information content (AvgIpc) is 2.68. The lowest BCUT2D eigenvalue weighted by atomic mass is 10.2. The molecule has 2 aromatic rings. The number of fused-ring (bicyclic) bond motifs is 1. The molecule has 0 amide bonds. The summed E-state index contributed by atoms with van der Waals surface area (Å²) in [5, 5.41) is 1.04. The molecule has 0 saturated carbocycles. The van der Waals surface area contributed by atoms with E-state index in [1.54, 1.807) is 0 Å². The van der Waals surface area contributed by atoms with E-state index < -0.39 is 11.6 Å². The maximum absolute atomic E-state index is 11.7. The molecule has 0 radical (unpaired) electrons. The second-order valence-corrected chi connectivity index (χ2v) is 5.80. The predicted octanol–water partition coefficient (Wildman–Crippen LogP) is 3.79. The van der Waals surface area contributed by atoms with Crippen LogP contribution in [-0.2, 0) is 9.78 Å². The van der Waals surface area contributed by atoms with Gasteiger partial charge >= 0.3 is 5.97 Å². The van der Waals surface area contributed by atoms with Gasteiger partial charge in [-0.2, -0.15) is 4.89 Å². The maximum Gasteiger partial charge on any atom is 0.382 e. The van der Waals surface area contributed by atoms with Crippen LogP contribution in [0.2, 0.25) is 0 Å². The van der Waals surface area contributed by atoms with Gasteiger partial charge in [-0.15, -0.1) is 11.3 Å². The first kappa shape index (κ1) is 12.1. The van der Waals surface area contributed by atoms with Crippen LogP contribution in [0.1, 0.15) is 30.4 Å². The SMILES string of the molecule is CC(C)(C)OOC(=O)c1cc2ccccc2s1. The van der Waals surface area contributed by atoms with E-state index in [2.05, 4.69) is 0 Å². The number of carbonyl (C=O) groups is 1. The summed E-state index contributed by atoms with van der Waals surface area (Å²) < 4.78 is 1.07. The van der Waals surface area contributed by atoms with Crippen molar-refractivity contribution in [1.82, 2.24) is 0 Å². The van der Waals surface area contributed by atoms with Crippen molar-refractivity contribution in [3.63, 3.8) is 0 Å². The Kier molecular flexibility index (Phi) is 3.17. The molecule has 1 aromatic carbocycles. The number of rotatable bonds is 2. The molecule has 3 nitrogen and oxygen atoms in total. The number of hydrogen-bond donors (Lipinski definition) is 0. The van der Waals surface area contributed by atoms with E-state index in [1.807, 2.05) is 51.1 Å². The van der Waals surface area contributed by atoms with Crippen LogP contribution < -0.4 is 0 Å². The highest BCUT2D eigenvalue weighted by Gasteiger charge is 2.18. The Morgan fingerprint density at radius 1 is 1.24 bits per heavy atom. The second-order valence-electron chi connectivity index (χ2n) is 4.71. The van der Waals surface area contributed by atoms with Gasteiger partial charge < -0.3 is 0 Å². The number of hydrogen-bond acceptors (Lipinski definition) is 4. The molecule has 0 N–H and O–H groups in total. The molecule has 0 aliphatic heterocycles. The summed E-state index contributed by atoms with van der Waals surface area (Å²) >= 11 is 1.40. The quantitative estimate of drug-likeness (QED) is 0.601. The maximum atomic E-state index is 11.7. The molecule has 17 heavy (non-hydrogen) atoms. The molecular formula is C13H14O3S. The molecule has 0 aliphatic carbocycles. The summed E-state index contributed by atoms with van der Waals surface area (Å²) in [6.45, 7) is 5.47. The summed E-state index contributed by atoms with van der Waals surface area (Å²) in [6.07, 6.45) is 0. The van der Waals surface area contributed by atoms with Gasteiger partial charge in [-0.1, -0.05) is 18.2 Å². The molecular weight excluding hydrogens is 236 g/mol. The van der Waals surface area contributed by atoms with Crippen molar-refractivity contribution in [3.8, 4) is 0 Å². The Hall–Kier alpha value is -1.39. The van der Waals surface area contributed by atoms with Gasteiger partial charge in [0, 0.05) is 4.70 Å². The van der Waals surface area contributed by atoms with Crippen molar-refractivity contribution < 1.29 is 14.6 Å². The highest BCUT2D eigenvalue weighted by molar-refractivity contribution is 7.20. The van der Waals surface area contributed by atoms with Gasteiger partial charge in [0.1, 0.15) is 10.5 Å². The zero-order chi connectivity index (χ0) is 12.5. The smallest absolute Gasteiger partial charge is 0.291 e. The van der Waals surface area contributed by atoms with Crippen LogP contribution in [0.15, 0.2) is 30.3 Å². The van der Waals surface area contributed by atoms with Crippen LogP contribution in [0.4, 0.5) is 0 Å². The minimum atomic E-state index is -0.494. The van der Waals surface area contributed by atoms with Gasteiger partial charge in [-0.25, -0.2) is 4.79 Å². The fraction of sp³-hybridized carbons (Fsp3) is 0.308. The van der Waals surface area contributed by atoms with E-state index >= 15 is 0 Å². The van der Waals surface area contributed by atoms with Crippen molar-refractivity contribution in [2.24, 2.45) is 0 Å². The molecule has 0 spiro atoms. The van der Waals surface area contributed by atoms with Gasteiger partial charge in [0.15, 0.2) is 0 Å². The molecule has 0 atom stereocenters. The van der Waals surface area contributed by atoms with Crippen LogP contribution in [0.5, 0.6) is 0 Å². The lowest BCUT2D eigenvalue weighted by Crippen LogP contribution is -2.21. The zero-order valence-electron chi connectivity index (χ0n) is 10.0. The molecule has 0 aliphatic rings. The second kappa shape index (κ2) is 4.47. The Labute approximate surface area is 104 Å². The highest BCUT2D eigenvalue weighted by Crippen LogP contribution is 2.26. The zero-order valence-corrected chi connectivity index (χ0v) is 10.8. The standard InChI is InChI=1S/C13H14O3S/c1-13(2,3)16-15-12(14)11-8-9-6-4-5-7-10(9)17-11/h4-8H,1-3H3. The Morgan fingerprint density at radius 2 is 1.94 bits per heavy atom. The third kappa shape index (κ3) is 3.05. The fourth-order valence-electron chi connectivity index (χ4n) is 1.29. The molecule has 1 heterocycles. The molecule has 0 bridgehead atoms. The average molecular weight is 250 g/mol. The molecule has 1 aromatic heterocycles. The topological polar surface area (TPSA) is 35.5 Å². The van der Waals surface area contributed by atoms with Gasteiger partial charge in [0.05, 0.1) is 0 Å². The number of carbonyl (C=O) groups excluding carboxylic acids is 1. The van der Waals surface area contributed by atoms with Crippen LogP contribution in [0, 0.1) is 0 Å². The first-order chi connectivity index (χ1) is 7.96. The minimum absolute atomic E-state index is 0.443. The third-order valence-corrected chi connectivity index (χ3v) is 3.09. The third-order valence-electron chi connectivity index (χ3n) is 1.99. The number of benzene rings is 1. The fourth-order valence-corrected chi connectivity index (χ4v) is 2.22. The van der Waals surface area contributed by atoms with Crippen molar-refractivity contribution in [3.05, 3.63) is 35.2 Å². The largest absolute Gasteiger partial charge is 0.382 e. The van der Waals surface area contributed by atoms with Crippen molar-refractivity contribution in [1.29, 1.82) is 0 Å². The summed E-state index contributed by atoms with van der Waals surface area (Å²) in [7, 11) is 0. The molecule has 4 heteroatoms. The summed E-state index contributed by atoms with van der Waals surface area (Å²) in [5.41, 5.74) is -0.494. The predicted molar refractivity (Wildman–Crippen MR) is 68.1 cm³/mol. The Balaban J connectivity index is 2.14. The van der Waals surface area contributed by atoms with E-state index in [-0.39, 0.29) is 0 Å². The first-order valence-electron chi connectivity index (χ1n) is 5.34. The normalized spacial score (nSPS) is 11.7. The summed E-state index contributed by atoms with van der Waals surface area (Å²) in [6, 6.07) is 9.64. The Bertz CT molecular complexity index is 504. The van der Waals surface area contributed by atoms with Crippen molar-refractivity contribution in [2.75, 3.05) is 0 Å². The van der Waals surface area contributed by atoms with Crippen molar-refractivity contribution in [2.45, 2.75) is 26.4 Å². The van der Waals surface area contributed by atoms with E-state index in [1.165, 1.54) is 11.3 Å². The molecule has 2 rings (SSSR count). The van der Waals surface area contributed by atoms with E-state index in [9.17, 15) is 4.79 Å². The summed E-state index contributed by atoms with van der Waals surface area (Å²) in [4.78, 5) is 22.1.